The molecular weight excluding hydrogens is 380 g/mol. The van der Waals surface area contributed by atoms with Crippen LogP contribution >= 0.6 is 0 Å². The number of fused-ring (bicyclic) bond motifs is 2. The summed E-state index contributed by atoms with van der Waals surface area (Å²) in [7, 11) is -0.819. The zero-order chi connectivity index (χ0) is 21.3. The number of nitrogens with zero attached hydrogens (tertiary/aromatic N) is 1. The van der Waals surface area contributed by atoms with E-state index in [4.69, 9.17) is 0 Å². The first-order valence-electron chi connectivity index (χ1n) is 9.17. The Morgan fingerprint density at radius 2 is 1.68 bits per heavy atom. The maximum atomic E-state index is 13.3. The predicted octanol–water partition coefficient (Wildman–Crippen LogP) is 2.15. The van der Waals surface area contributed by atoms with Gasteiger partial charge in [0.2, 0.25) is 27.5 Å². The molecule has 152 valence electrons. The van der Waals surface area contributed by atoms with E-state index < -0.39 is 43.7 Å². The number of hydrogen-bond donors (Lipinski definition) is 1. The van der Waals surface area contributed by atoms with Crippen LogP contribution in [0.2, 0.25) is 0 Å². The van der Waals surface area contributed by atoms with Crippen LogP contribution in [0.1, 0.15) is 39.2 Å². The molecule has 1 aromatic carbocycles. The van der Waals surface area contributed by atoms with E-state index >= 15 is 0 Å². The van der Waals surface area contributed by atoms with Gasteiger partial charge in [0, 0.05) is 25.2 Å². The Kier molecular flexibility index (Phi) is 4.41. The Morgan fingerprint density at radius 1 is 1.07 bits per heavy atom. The number of hydrogen-bond acceptors (Lipinski definition) is 5. The minimum atomic E-state index is -3.67. The Bertz CT molecular complexity index is 1010. The molecule has 1 N–H and O–H groups in total. The number of carbonyl (C=O) groups is 3. The first-order chi connectivity index (χ1) is 12.7. The Hall–Kier alpha value is -2.06. The van der Waals surface area contributed by atoms with Gasteiger partial charge in [-0.2, -0.15) is 0 Å². The molecule has 2 atom stereocenters. The molecule has 0 saturated heterocycles. The SMILES string of the molecule is Cc1ccc(S(=O)(=O)N(C)C)cc1NC(=O)[C@@]12CC[C@](C)(C(=O)C1=O)C2(C)C. The maximum absolute atomic E-state index is 13.3. The van der Waals surface area contributed by atoms with E-state index in [-0.39, 0.29) is 4.90 Å². The quantitative estimate of drug-likeness (QED) is 0.610. The third-order valence-corrected chi connectivity index (χ3v) is 8.98. The molecule has 1 amide bonds. The van der Waals surface area contributed by atoms with Crippen LogP contribution < -0.4 is 5.32 Å². The minimum Gasteiger partial charge on any atom is -0.325 e. The van der Waals surface area contributed by atoms with E-state index in [1.807, 2.05) is 0 Å². The van der Waals surface area contributed by atoms with Gasteiger partial charge >= 0.3 is 0 Å². The van der Waals surface area contributed by atoms with E-state index in [1.54, 1.807) is 33.8 Å². The van der Waals surface area contributed by atoms with Gasteiger partial charge in [0.15, 0.2) is 0 Å². The van der Waals surface area contributed by atoms with Crippen molar-refractivity contribution in [2.75, 3.05) is 19.4 Å². The normalized spacial score (nSPS) is 28.8. The molecule has 1 aromatic rings. The molecule has 8 heteroatoms. The number of rotatable bonds is 4. The maximum Gasteiger partial charge on any atom is 0.242 e. The largest absolute Gasteiger partial charge is 0.325 e. The monoisotopic (exact) mass is 406 g/mol. The van der Waals surface area contributed by atoms with Gasteiger partial charge in [-0.15, -0.1) is 0 Å². The highest BCUT2D eigenvalue weighted by atomic mass is 32.2. The van der Waals surface area contributed by atoms with Crippen molar-refractivity contribution in [3.63, 3.8) is 0 Å². The Morgan fingerprint density at radius 3 is 2.18 bits per heavy atom. The molecule has 0 spiro atoms. The highest BCUT2D eigenvalue weighted by molar-refractivity contribution is 7.89. The summed E-state index contributed by atoms with van der Waals surface area (Å²) in [5.74, 6) is -1.67. The molecule has 0 aromatic heterocycles. The number of nitrogens with one attached hydrogen (secondary N) is 1. The molecule has 2 aliphatic carbocycles. The van der Waals surface area contributed by atoms with Crippen LogP contribution in [0.3, 0.4) is 0 Å². The van der Waals surface area contributed by atoms with Crippen molar-refractivity contribution < 1.29 is 22.8 Å². The second-order valence-electron chi connectivity index (χ2n) is 8.74. The van der Waals surface area contributed by atoms with Gasteiger partial charge in [-0.05, 0) is 42.9 Å². The highest BCUT2D eigenvalue weighted by Gasteiger charge is 2.77. The standard InChI is InChI=1S/C20H26N2O5S/c1-12-7-8-13(28(26,27)22(5)6)11-14(12)21-17(25)20-10-9-19(4,18(20,2)3)15(23)16(20)24/h7-8,11H,9-10H2,1-6H3,(H,21,25)/t19-,20-/m1/s1. The van der Waals surface area contributed by atoms with Crippen molar-refractivity contribution >= 4 is 33.2 Å². The fourth-order valence-electron chi connectivity index (χ4n) is 4.61. The van der Waals surface area contributed by atoms with Gasteiger partial charge in [-0.3, -0.25) is 14.4 Å². The summed E-state index contributed by atoms with van der Waals surface area (Å²) < 4.78 is 25.9. The van der Waals surface area contributed by atoms with E-state index in [0.29, 0.717) is 24.1 Å². The third-order valence-electron chi connectivity index (χ3n) is 7.16. The lowest BCUT2D eigenvalue weighted by Gasteiger charge is -2.37. The van der Waals surface area contributed by atoms with Crippen molar-refractivity contribution in [1.29, 1.82) is 0 Å². The second-order valence-corrected chi connectivity index (χ2v) is 10.9. The molecule has 0 heterocycles. The fourth-order valence-corrected chi connectivity index (χ4v) is 5.54. The van der Waals surface area contributed by atoms with Crippen molar-refractivity contribution in [3.8, 4) is 0 Å². The molecule has 2 saturated carbocycles. The molecule has 3 rings (SSSR count). The Balaban J connectivity index is 2.03. The number of amides is 1. The van der Waals surface area contributed by atoms with E-state index in [0.717, 1.165) is 4.31 Å². The molecule has 2 aliphatic rings. The van der Waals surface area contributed by atoms with Crippen LogP contribution in [0.4, 0.5) is 5.69 Å². The van der Waals surface area contributed by atoms with Gasteiger partial charge in [0.05, 0.1) is 4.90 Å². The van der Waals surface area contributed by atoms with E-state index in [9.17, 15) is 22.8 Å². The zero-order valence-corrected chi connectivity index (χ0v) is 17.9. The lowest BCUT2D eigenvalue weighted by Crippen LogP contribution is -2.47. The van der Waals surface area contributed by atoms with Crippen LogP contribution in [0.5, 0.6) is 0 Å². The van der Waals surface area contributed by atoms with Gasteiger partial charge in [-0.25, -0.2) is 12.7 Å². The van der Waals surface area contributed by atoms with Crippen molar-refractivity contribution in [3.05, 3.63) is 23.8 Å². The Labute approximate surface area is 165 Å². The zero-order valence-electron chi connectivity index (χ0n) is 17.0. The number of aryl methyl sites for hydroxylation is 1. The van der Waals surface area contributed by atoms with E-state index in [1.165, 1.54) is 26.2 Å². The molecular formula is C20H26N2O5S. The average Bonchev–Trinajstić information content (AvgIpc) is 2.88. The summed E-state index contributed by atoms with van der Waals surface area (Å²) in [6, 6.07) is 4.47. The highest BCUT2D eigenvalue weighted by Crippen LogP contribution is 2.69. The number of sulfonamides is 1. The summed E-state index contributed by atoms with van der Waals surface area (Å²) in [5, 5.41) is 2.75. The van der Waals surface area contributed by atoms with Crippen LogP contribution in [-0.2, 0) is 24.4 Å². The topological polar surface area (TPSA) is 101 Å². The smallest absolute Gasteiger partial charge is 0.242 e. The first-order valence-corrected chi connectivity index (χ1v) is 10.6. The van der Waals surface area contributed by atoms with Crippen molar-refractivity contribution in [2.24, 2.45) is 16.2 Å². The van der Waals surface area contributed by atoms with Crippen LogP contribution in [0.25, 0.3) is 0 Å². The van der Waals surface area contributed by atoms with Crippen LogP contribution in [-0.4, -0.2) is 44.3 Å². The summed E-state index contributed by atoms with van der Waals surface area (Å²) >= 11 is 0. The van der Waals surface area contributed by atoms with Gasteiger partial charge in [-0.1, -0.05) is 26.8 Å². The van der Waals surface area contributed by atoms with Gasteiger partial charge in [0.25, 0.3) is 0 Å². The van der Waals surface area contributed by atoms with Gasteiger partial charge in [0.1, 0.15) is 5.41 Å². The molecule has 0 unspecified atom stereocenters. The lowest BCUT2D eigenvalue weighted by atomic mass is 9.64. The third kappa shape index (κ3) is 2.30. The fraction of sp³-hybridized carbons (Fsp3) is 0.550. The van der Waals surface area contributed by atoms with Gasteiger partial charge < -0.3 is 5.32 Å². The number of ketones is 2. The number of carbonyl (C=O) groups excluding carboxylic acids is 3. The average molecular weight is 407 g/mol. The lowest BCUT2D eigenvalue weighted by molar-refractivity contribution is -0.147. The number of benzene rings is 1. The summed E-state index contributed by atoms with van der Waals surface area (Å²) in [4.78, 5) is 38.8. The molecule has 2 fully saturated rings. The predicted molar refractivity (Wildman–Crippen MR) is 104 cm³/mol. The van der Waals surface area contributed by atoms with Crippen LogP contribution in [0, 0.1) is 23.2 Å². The van der Waals surface area contributed by atoms with Crippen molar-refractivity contribution in [1.82, 2.24) is 4.31 Å². The molecule has 0 radical (unpaired) electrons. The van der Waals surface area contributed by atoms with Crippen LogP contribution in [0.15, 0.2) is 23.1 Å². The molecule has 28 heavy (non-hydrogen) atoms. The summed E-state index contributed by atoms with van der Waals surface area (Å²) in [6.07, 6.45) is 0.785. The summed E-state index contributed by atoms with van der Waals surface area (Å²) in [6.45, 7) is 7.08. The first kappa shape index (κ1) is 20.7. The van der Waals surface area contributed by atoms with E-state index in [2.05, 4.69) is 5.32 Å². The number of anilines is 1. The minimum absolute atomic E-state index is 0.0419. The summed E-state index contributed by atoms with van der Waals surface area (Å²) in [5.41, 5.74) is -2.12. The van der Waals surface area contributed by atoms with Crippen molar-refractivity contribution in [2.45, 2.75) is 45.4 Å². The molecule has 7 nitrogen and oxygen atoms in total. The second kappa shape index (κ2) is 5.97. The molecule has 0 aliphatic heterocycles. The molecule has 2 bridgehead atoms. The number of Topliss-reactive ketones (excluding diaryl/α,β-unsaturated/α-hetero) is 2.